The molecule has 7 heteroatoms. The van der Waals surface area contributed by atoms with Crippen LogP contribution in [-0.2, 0) is 14.1 Å². The second-order valence-corrected chi connectivity index (χ2v) is 4.12. The topological polar surface area (TPSA) is 55.8 Å². The van der Waals surface area contributed by atoms with E-state index < -0.39 is 13.5 Å². The van der Waals surface area contributed by atoms with E-state index in [1.54, 1.807) is 6.92 Å². The fourth-order valence-corrected chi connectivity index (χ4v) is 1.88. The lowest BCUT2D eigenvalue weighted by Gasteiger charge is -2.11. The van der Waals surface area contributed by atoms with E-state index in [0.717, 1.165) is 0 Å². The molecule has 0 aromatic rings. The van der Waals surface area contributed by atoms with Crippen molar-refractivity contribution >= 4 is 23.5 Å². The summed E-state index contributed by atoms with van der Waals surface area (Å²) in [6.07, 6.45) is 0. The third kappa shape index (κ3) is 5.22. The minimum Gasteiger partial charge on any atom is -0.321 e. The first kappa shape index (κ1) is 15.0. The summed E-state index contributed by atoms with van der Waals surface area (Å²) in [7, 11) is -4.24. The van der Waals surface area contributed by atoms with Crippen LogP contribution in [0, 0.1) is 0 Å². The minimum atomic E-state index is -4.24. The zero-order valence-electron chi connectivity index (χ0n) is 5.87. The van der Waals surface area contributed by atoms with Crippen LogP contribution in [0.25, 0.3) is 0 Å². The first-order valence-corrected chi connectivity index (χ1v) is 5.65. The molecule has 0 radical (unpaired) electrons. The van der Waals surface area contributed by atoms with Crippen molar-refractivity contribution in [3.63, 3.8) is 0 Å². The maximum Gasteiger partial charge on any atom is 0.389 e. The highest BCUT2D eigenvalue weighted by Gasteiger charge is 2.32. The first-order chi connectivity index (χ1) is 5.04. The van der Waals surface area contributed by atoms with Gasteiger partial charge in [-0.1, -0.05) is 23.4 Å². The monoisotopic (exact) mass is 266 g/mol. The normalized spacial score (nSPS) is 17.7. The number of rotatable bonds is 5. The van der Waals surface area contributed by atoms with Gasteiger partial charge in [0.2, 0.25) is 5.91 Å². The maximum atomic E-state index is 12.5. The summed E-state index contributed by atoms with van der Waals surface area (Å²) in [5, 5.41) is -0.256. The Kier molecular flexibility index (Phi) is 8.73. The van der Waals surface area contributed by atoms with Gasteiger partial charge in [0, 0.05) is 5.33 Å². The smallest absolute Gasteiger partial charge is 0.321 e. The van der Waals surface area contributed by atoms with E-state index in [9.17, 15) is 8.96 Å². The second-order valence-electron chi connectivity index (χ2n) is 1.63. The SMILES string of the molecule is C.CCOOP(=O)(O)C(F)CBr. The largest absolute Gasteiger partial charge is 0.389 e. The van der Waals surface area contributed by atoms with Crippen molar-refractivity contribution in [3.8, 4) is 0 Å². The van der Waals surface area contributed by atoms with Gasteiger partial charge in [-0.25, -0.2) is 9.28 Å². The van der Waals surface area contributed by atoms with Gasteiger partial charge in [-0.3, -0.25) is 4.57 Å². The van der Waals surface area contributed by atoms with Crippen LogP contribution in [0.4, 0.5) is 4.39 Å². The van der Waals surface area contributed by atoms with E-state index in [2.05, 4.69) is 25.5 Å². The van der Waals surface area contributed by atoms with Crippen LogP contribution >= 0.6 is 23.5 Å². The maximum absolute atomic E-state index is 12.5. The molecular formula is C5H13BrFO4P. The summed E-state index contributed by atoms with van der Waals surface area (Å²) in [5.74, 6) is -1.95. The Morgan fingerprint density at radius 2 is 2.25 bits per heavy atom. The molecule has 1 N–H and O–H groups in total. The van der Waals surface area contributed by atoms with Crippen molar-refractivity contribution in [1.82, 2.24) is 0 Å². The van der Waals surface area contributed by atoms with Crippen molar-refractivity contribution in [2.24, 2.45) is 0 Å². The summed E-state index contributed by atoms with van der Waals surface area (Å²) in [6.45, 7) is 1.65. The van der Waals surface area contributed by atoms with Crippen LogP contribution in [0.15, 0.2) is 0 Å². The second kappa shape index (κ2) is 6.97. The van der Waals surface area contributed by atoms with E-state index in [4.69, 9.17) is 4.89 Å². The van der Waals surface area contributed by atoms with Gasteiger partial charge in [0.25, 0.3) is 0 Å². The molecule has 4 nitrogen and oxygen atoms in total. The van der Waals surface area contributed by atoms with Gasteiger partial charge < -0.3 is 4.89 Å². The fraction of sp³-hybridized carbons (Fsp3) is 1.00. The molecule has 0 spiro atoms. The van der Waals surface area contributed by atoms with Gasteiger partial charge in [0.1, 0.15) is 0 Å². The molecule has 2 atom stereocenters. The average Bonchev–Trinajstić information content (AvgIpc) is 1.99. The molecule has 0 aliphatic heterocycles. The molecule has 0 aliphatic carbocycles. The van der Waals surface area contributed by atoms with E-state index in [0.29, 0.717) is 0 Å². The summed E-state index contributed by atoms with van der Waals surface area (Å²) in [6, 6.07) is 0. The number of hydrogen-bond donors (Lipinski definition) is 1. The number of hydrogen-bond acceptors (Lipinski definition) is 3. The molecule has 0 aromatic heterocycles. The Labute approximate surface area is 79.7 Å². The first-order valence-electron chi connectivity index (χ1n) is 2.88. The zero-order valence-corrected chi connectivity index (χ0v) is 8.35. The minimum absolute atomic E-state index is 0. The molecule has 0 saturated carbocycles. The van der Waals surface area contributed by atoms with Crippen LogP contribution in [-0.4, -0.2) is 22.7 Å². The van der Waals surface area contributed by atoms with E-state index in [1.165, 1.54) is 0 Å². The van der Waals surface area contributed by atoms with Crippen LogP contribution in [0.5, 0.6) is 0 Å². The zero-order chi connectivity index (χ0) is 8.91. The summed E-state index contributed by atoms with van der Waals surface area (Å²) in [4.78, 5) is 12.9. The molecule has 0 amide bonds. The molecule has 0 aliphatic rings. The molecule has 0 bridgehead atoms. The van der Waals surface area contributed by atoms with Gasteiger partial charge in [-0.05, 0) is 6.92 Å². The Balaban J connectivity index is 0. The molecule has 0 rings (SSSR count). The molecule has 0 saturated heterocycles. The lowest BCUT2D eigenvalue weighted by molar-refractivity contribution is -0.210. The Hall–Kier alpha value is 0.520. The van der Waals surface area contributed by atoms with Crippen LogP contribution in [0.1, 0.15) is 14.4 Å². The fourth-order valence-electron chi connectivity index (χ4n) is 0.262. The third-order valence-corrected chi connectivity index (χ3v) is 3.04. The predicted octanol–water partition coefficient (Wildman–Crippen LogP) is 2.47. The van der Waals surface area contributed by atoms with Gasteiger partial charge in [-0.15, -0.1) is 4.67 Å². The lowest BCUT2D eigenvalue weighted by Crippen LogP contribution is -2.06. The van der Waals surface area contributed by atoms with Gasteiger partial charge >= 0.3 is 7.60 Å². The van der Waals surface area contributed by atoms with Crippen LogP contribution < -0.4 is 0 Å². The summed E-state index contributed by atoms with van der Waals surface area (Å²) in [5.41, 5.74) is 0. The predicted molar refractivity (Wildman–Crippen MR) is 48.0 cm³/mol. The highest BCUT2D eigenvalue weighted by molar-refractivity contribution is 9.09. The summed E-state index contributed by atoms with van der Waals surface area (Å²) < 4.78 is 27.1. The van der Waals surface area contributed by atoms with E-state index in [-0.39, 0.29) is 19.4 Å². The molecule has 0 fully saturated rings. The average molecular weight is 267 g/mol. The quantitative estimate of drug-likeness (QED) is 0.360. The van der Waals surface area contributed by atoms with Crippen molar-refractivity contribution in [2.45, 2.75) is 20.3 Å². The van der Waals surface area contributed by atoms with Crippen LogP contribution in [0.2, 0.25) is 0 Å². The van der Waals surface area contributed by atoms with Gasteiger partial charge in [-0.2, -0.15) is 0 Å². The highest BCUT2D eigenvalue weighted by atomic mass is 79.9. The Bertz CT molecular complexity index is 156. The Morgan fingerprint density at radius 1 is 1.75 bits per heavy atom. The Morgan fingerprint density at radius 3 is 2.58 bits per heavy atom. The molecule has 12 heavy (non-hydrogen) atoms. The molecule has 76 valence electrons. The number of alkyl halides is 2. The van der Waals surface area contributed by atoms with Crippen molar-refractivity contribution in [1.29, 1.82) is 0 Å². The third-order valence-electron chi connectivity index (χ3n) is 0.759. The van der Waals surface area contributed by atoms with Crippen molar-refractivity contribution in [2.75, 3.05) is 11.9 Å². The molecule has 0 aromatic carbocycles. The lowest BCUT2D eigenvalue weighted by atomic mass is 10.9. The molecular weight excluding hydrogens is 254 g/mol. The van der Waals surface area contributed by atoms with Crippen molar-refractivity contribution in [3.05, 3.63) is 0 Å². The molecule has 2 unspecified atom stereocenters. The molecule has 0 heterocycles. The van der Waals surface area contributed by atoms with E-state index >= 15 is 0 Å². The highest BCUT2D eigenvalue weighted by Crippen LogP contribution is 2.48. The van der Waals surface area contributed by atoms with Crippen LogP contribution in [0.3, 0.4) is 0 Å². The van der Waals surface area contributed by atoms with Gasteiger partial charge in [0.05, 0.1) is 6.61 Å². The standard InChI is InChI=1S/C4H9BrFO4P.CH4/c1-2-9-10-11(7,8)4(6)3-5;/h4H,2-3H2,1H3,(H,7,8);1H4. The number of halogens is 2. The van der Waals surface area contributed by atoms with Gasteiger partial charge in [0.15, 0.2) is 0 Å². The van der Waals surface area contributed by atoms with E-state index in [1.807, 2.05) is 0 Å². The van der Waals surface area contributed by atoms with Crippen molar-refractivity contribution < 1.29 is 23.4 Å². The summed E-state index contributed by atoms with van der Waals surface area (Å²) >= 11 is 2.70.